The number of aliphatic hydroxyl groups excluding tert-OH is 10. The van der Waals surface area contributed by atoms with Crippen molar-refractivity contribution < 1.29 is 131 Å². The van der Waals surface area contributed by atoms with Crippen molar-refractivity contribution in [1.29, 1.82) is 0 Å². The summed E-state index contributed by atoms with van der Waals surface area (Å²) in [6.45, 7) is 0.845. The molecular formula is C84H92ClO27P3. The predicted octanol–water partition coefficient (Wildman–Crippen LogP) is 10.7. The average Bonchev–Trinajstić information content (AvgIpc) is 0.762. The predicted molar refractivity (Wildman–Crippen MR) is 421 cm³/mol. The Bertz CT molecular complexity index is 4110. The van der Waals surface area contributed by atoms with E-state index in [2.05, 4.69) is 15.8 Å². The third kappa shape index (κ3) is 28.7. The van der Waals surface area contributed by atoms with Crippen molar-refractivity contribution in [3.8, 4) is 23.0 Å². The molecule has 0 bridgehead atoms. The average molecular weight is 1660 g/mol. The molecule has 3 aliphatic carbocycles. The Morgan fingerprint density at radius 2 is 0.443 bits per heavy atom. The largest absolute Gasteiger partial charge is 0.588 e. The number of para-hydroxylation sites is 4. The van der Waals surface area contributed by atoms with E-state index in [1.807, 2.05) is 243 Å². The second-order valence-electron chi connectivity index (χ2n) is 26.2. The van der Waals surface area contributed by atoms with Crippen molar-refractivity contribution in [2.45, 2.75) is 150 Å². The number of halogens is 1. The van der Waals surface area contributed by atoms with E-state index in [-0.39, 0.29) is 59.0 Å². The normalized spacial score (nSPS) is 25.1. The zero-order valence-corrected chi connectivity index (χ0v) is 65.2. The number of benzene rings is 10. The molecule has 0 aromatic heterocycles. The van der Waals surface area contributed by atoms with Gasteiger partial charge in [-0.3, -0.25) is 23.4 Å². The summed E-state index contributed by atoms with van der Waals surface area (Å²) in [4.78, 5) is 27.2. The third-order valence-corrected chi connectivity index (χ3v) is 19.8. The Morgan fingerprint density at radius 1 is 0.252 bits per heavy atom. The molecule has 0 heterocycles. The van der Waals surface area contributed by atoms with Gasteiger partial charge in [-0.05, 0) is 93.2 Å². The van der Waals surface area contributed by atoms with E-state index in [9.17, 15) is 55.1 Å². The van der Waals surface area contributed by atoms with Crippen LogP contribution in [0.25, 0.3) is 0 Å². The molecule has 10 aromatic rings. The monoisotopic (exact) mass is 1660 g/mol. The maximum Gasteiger partial charge on any atom is 0.588 e. The fraction of sp³-hybridized carbons (Fsp3) is 0.286. The Morgan fingerprint density at radius 3 is 0.670 bits per heavy atom. The van der Waals surface area contributed by atoms with E-state index in [0.717, 1.165) is 33.4 Å². The second-order valence-corrected chi connectivity index (χ2v) is 29.4. The van der Waals surface area contributed by atoms with Gasteiger partial charge >= 0.3 is 15.6 Å². The van der Waals surface area contributed by atoms with Crippen molar-refractivity contribution in [3.63, 3.8) is 0 Å². The van der Waals surface area contributed by atoms with Gasteiger partial charge in [-0.2, -0.15) is 0 Å². The molecule has 13 rings (SSSR count). The van der Waals surface area contributed by atoms with Crippen LogP contribution in [0, 0.1) is 0 Å². The molecule has 0 aliphatic heterocycles. The van der Waals surface area contributed by atoms with Crippen molar-refractivity contribution in [2.24, 2.45) is 0 Å². The second kappa shape index (κ2) is 47.0. The van der Waals surface area contributed by atoms with Gasteiger partial charge in [0.05, 0.1) is 39.6 Å². The molecule has 12 atom stereocenters. The highest BCUT2D eigenvalue weighted by Crippen LogP contribution is 2.53. The number of phosphoric acid groups is 2. The van der Waals surface area contributed by atoms with Crippen LogP contribution in [0.5, 0.6) is 23.0 Å². The molecule has 0 spiro atoms. The van der Waals surface area contributed by atoms with E-state index in [4.69, 9.17) is 71.2 Å². The van der Waals surface area contributed by atoms with Gasteiger partial charge in [0.15, 0.2) is 11.5 Å². The van der Waals surface area contributed by atoms with Crippen LogP contribution in [0.1, 0.15) is 33.4 Å². The van der Waals surface area contributed by atoms with Gasteiger partial charge in [-0.1, -0.05) is 255 Å². The highest BCUT2D eigenvalue weighted by Gasteiger charge is 2.57. The van der Waals surface area contributed by atoms with Crippen LogP contribution in [-0.2, 0) is 90.8 Å². The minimum atomic E-state index is -5.01. The van der Waals surface area contributed by atoms with Gasteiger partial charge in [0.1, 0.15) is 121 Å². The Hall–Kier alpha value is -8.55. The fourth-order valence-electron chi connectivity index (χ4n) is 12.2. The fourth-order valence-corrected chi connectivity index (χ4v) is 14.2. The van der Waals surface area contributed by atoms with Crippen LogP contribution in [0.15, 0.2) is 303 Å². The summed E-state index contributed by atoms with van der Waals surface area (Å²) in [5.74, 6) is 1.84. The summed E-state index contributed by atoms with van der Waals surface area (Å²) in [6, 6.07) is 92.5. The lowest BCUT2D eigenvalue weighted by molar-refractivity contribution is -0.261. The SMILES string of the molecule is O=P(O)(O)OC1[C@@H](O)[C@H](O)C(O)[C@H](O)[C@@H]1O.O=P(Oc1ccccc1)(Oc1ccccc1)OC1[C@@H](OCc2ccccc2)[C@H](O)C(OCc2ccccc2)[C@H](O)[C@@H]1OCc1ccccc1.O=PCl.OC1C(OCc2ccccc2)C(O)C(OCc2ccccc2)C(O)C1OCc1ccccc1.c1ccc(OOc2ccccc2)cc1. The summed E-state index contributed by atoms with van der Waals surface area (Å²) in [5, 5.41) is 103. The van der Waals surface area contributed by atoms with E-state index >= 15 is 0 Å². The number of phosphoric ester groups is 2. The summed E-state index contributed by atoms with van der Waals surface area (Å²) in [5.41, 5.74) is 5.23. The van der Waals surface area contributed by atoms with Crippen molar-refractivity contribution in [3.05, 3.63) is 337 Å². The first kappa shape index (κ1) is 90.4. The van der Waals surface area contributed by atoms with Gasteiger partial charge in [0.25, 0.3) is 7.81 Å². The summed E-state index contributed by atoms with van der Waals surface area (Å²) < 4.78 is 92.8. The minimum absolute atomic E-state index is 0.0682. The lowest BCUT2D eigenvalue weighted by atomic mass is 9.84. The summed E-state index contributed by atoms with van der Waals surface area (Å²) in [7, 11) is -9.92. The lowest BCUT2D eigenvalue weighted by Gasteiger charge is -2.46. The number of ether oxygens (including phenoxy) is 6. The van der Waals surface area contributed by atoms with Crippen molar-refractivity contribution >= 4 is 34.7 Å². The first-order valence-corrected chi connectivity index (χ1v) is 41.0. The van der Waals surface area contributed by atoms with Crippen LogP contribution in [0.2, 0.25) is 0 Å². The standard InChI is InChI=1S/C39H39O9P.C27H30O6.C12H10O2.C6H13O9P.ClOP/c40-34-36(43-26-29-16-6-1-7-17-29)35(41)38(45-28-31-20-10-3-11-21-31)39(37(34)44-27-30-18-8-2-9-19-30)48-49(42,46-32-22-12-4-13-23-32)47-33-24-14-5-15-25-33;28-22-25(31-16-19-10-4-1-5-11-19)23(29)27(33-18-21-14-8-3-9-15-21)24(30)26(22)32-17-20-12-6-2-7-13-20;1-3-7-11(8-4-1)13-14-12-9-5-2-6-10-12;7-1-2(8)4(10)6(5(11)3(1)9)15-16(12,13)14;1-3-2/h1-25,34-41H,26-28H2;1-15,22-30H,16-18H2;1-10H;1-11H,(H2,12,13,14);/t34-,35+,36?,37-,38-,39?;;;1?,2-,3+,4-,5-,6?;/m0..0./s1. The maximum absolute atomic E-state index is 14.7. The molecule has 0 saturated heterocycles. The van der Waals surface area contributed by atoms with E-state index in [1.165, 1.54) is 0 Å². The van der Waals surface area contributed by atoms with Gasteiger partial charge in [0, 0.05) is 0 Å². The number of hydrogen-bond donors (Lipinski definition) is 12. The lowest BCUT2D eigenvalue weighted by Crippen LogP contribution is -2.66. The molecule has 3 fully saturated rings. The zero-order valence-electron chi connectivity index (χ0n) is 61.7. The smallest absolute Gasteiger partial charge is 0.395 e. The summed E-state index contributed by atoms with van der Waals surface area (Å²) >= 11 is 4.42. The molecule has 115 heavy (non-hydrogen) atoms. The summed E-state index contributed by atoms with van der Waals surface area (Å²) in [6.07, 6.45) is -25.8. The maximum atomic E-state index is 14.7. The first-order chi connectivity index (χ1) is 55.6. The van der Waals surface area contributed by atoms with Crippen LogP contribution in [0.4, 0.5) is 0 Å². The Labute approximate surface area is 671 Å². The number of aliphatic hydroxyl groups is 10. The van der Waals surface area contributed by atoms with Gasteiger partial charge in [-0.25, -0.2) is 9.13 Å². The molecule has 0 amide bonds. The van der Waals surface area contributed by atoms with Gasteiger partial charge in [0.2, 0.25) is 0 Å². The van der Waals surface area contributed by atoms with Crippen LogP contribution < -0.4 is 18.8 Å². The third-order valence-electron chi connectivity index (χ3n) is 17.9. The zero-order chi connectivity index (χ0) is 82.0. The van der Waals surface area contributed by atoms with Crippen LogP contribution >= 0.6 is 34.7 Å². The minimum Gasteiger partial charge on any atom is -0.395 e. The molecular weight excluding hydrogens is 1570 g/mol. The van der Waals surface area contributed by atoms with E-state index < -0.39 is 126 Å². The quantitative estimate of drug-likeness (QED) is 0.0118. The molecule has 31 heteroatoms. The van der Waals surface area contributed by atoms with E-state index in [1.54, 1.807) is 60.7 Å². The van der Waals surface area contributed by atoms with Crippen molar-refractivity contribution in [2.75, 3.05) is 0 Å². The Balaban J connectivity index is 0.000000195. The van der Waals surface area contributed by atoms with E-state index in [0.29, 0.717) is 11.5 Å². The number of hydrogen-bond acceptors (Lipinski definition) is 25. The Kier molecular flexibility index (Phi) is 36.9. The molecule has 4 unspecified atom stereocenters. The highest BCUT2D eigenvalue weighted by atomic mass is 35.7. The topological polar surface area (TPSA) is 405 Å². The molecule has 3 saturated carbocycles. The van der Waals surface area contributed by atoms with Gasteiger partial charge < -0.3 is 98.3 Å². The first-order valence-electron chi connectivity index (χ1n) is 36.3. The molecule has 3 aliphatic rings. The molecule has 12 N–H and O–H groups in total. The van der Waals surface area contributed by atoms with Crippen LogP contribution in [0.3, 0.4) is 0 Å². The van der Waals surface area contributed by atoms with Crippen LogP contribution in [-0.4, -0.2) is 171 Å². The molecule has 612 valence electrons. The molecule has 10 aromatic carbocycles. The highest BCUT2D eigenvalue weighted by molar-refractivity contribution is 7.57. The number of rotatable bonds is 29. The molecule has 0 radical (unpaired) electrons. The molecule has 27 nitrogen and oxygen atoms in total. The van der Waals surface area contributed by atoms with Crippen molar-refractivity contribution in [1.82, 2.24) is 0 Å². The van der Waals surface area contributed by atoms with Gasteiger partial charge in [-0.15, -0.1) is 0 Å².